The number of nitrogens with one attached hydrogen (secondary N) is 2. The van der Waals surface area contributed by atoms with Crippen LogP contribution in [-0.2, 0) is 0 Å². The zero-order chi connectivity index (χ0) is 25.1. The maximum absolute atomic E-state index is 13.2. The standard InChI is InChI=1S/C23H16Br2N6O4/c1-13-27-21-19(10-15(24)11-20(21)25)22(32)30(13)17-7-5-16(6-8-17)28-23(33)29-26-12-14-3-2-4-18(9-14)31(34)35/h2-12H,1H3,(H2,28,29,33)/b26-12+. The lowest BCUT2D eigenvalue weighted by Crippen LogP contribution is -2.24. The number of benzene rings is 3. The van der Waals surface area contributed by atoms with Crippen molar-refractivity contribution < 1.29 is 9.72 Å². The van der Waals surface area contributed by atoms with Crippen molar-refractivity contribution in [3.63, 3.8) is 0 Å². The second-order valence-corrected chi connectivity index (χ2v) is 9.08. The van der Waals surface area contributed by atoms with E-state index in [-0.39, 0.29) is 11.2 Å². The highest BCUT2D eigenvalue weighted by molar-refractivity contribution is 9.11. The van der Waals surface area contributed by atoms with E-state index < -0.39 is 11.0 Å². The number of aromatic nitrogens is 2. The summed E-state index contributed by atoms with van der Waals surface area (Å²) in [6, 6.07) is 15.5. The minimum absolute atomic E-state index is 0.0743. The van der Waals surface area contributed by atoms with Crippen LogP contribution in [0.5, 0.6) is 0 Å². The Morgan fingerprint density at radius 3 is 2.60 bits per heavy atom. The van der Waals surface area contributed by atoms with E-state index in [1.165, 1.54) is 29.0 Å². The summed E-state index contributed by atoms with van der Waals surface area (Å²) >= 11 is 6.85. The van der Waals surface area contributed by atoms with E-state index in [0.29, 0.717) is 38.1 Å². The molecule has 0 saturated heterocycles. The van der Waals surface area contributed by atoms with Gasteiger partial charge in [0.15, 0.2) is 0 Å². The van der Waals surface area contributed by atoms with Crippen LogP contribution < -0.4 is 16.3 Å². The number of anilines is 1. The van der Waals surface area contributed by atoms with E-state index >= 15 is 0 Å². The minimum atomic E-state index is -0.602. The Balaban J connectivity index is 1.48. The summed E-state index contributed by atoms with van der Waals surface area (Å²) in [5.41, 5.74) is 4.11. The average molecular weight is 600 g/mol. The van der Waals surface area contributed by atoms with Gasteiger partial charge in [-0.2, -0.15) is 5.10 Å². The third-order valence-corrected chi connectivity index (χ3v) is 5.97. The van der Waals surface area contributed by atoms with Crippen molar-refractivity contribution in [3.05, 3.63) is 101 Å². The fraction of sp³-hybridized carbons (Fsp3) is 0.0435. The van der Waals surface area contributed by atoms with Gasteiger partial charge in [-0.3, -0.25) is 19.5 Å². The molecule has 0 atom stereocenters. The lowest BCUT2D eigenvalue weighted by molar-refractivity contribution is -0.384. The molecule has 0 saturated carbocycles. The summed E-state index contributed by atoms with van der Waals surface area (Å²) < 4.78 is 2.96. The van der Waals surface area contributed by atoms with Crippen molar-refractivity contribution in [2.24, 2.45) is 5.10 Å². The summed E-state index contributed by atoms with van der Waals surface area (Å²) in [7, 11) is 0. The number of aryl methyl sites for hydroxylation is 1. The second kappa shape index (κ2) is 10.2. The molecule has 1 aromatic heterocycles. The van der Waals surface area contributed by atoms with Gasteiger partial charge in [0.2, 0.25) is 0 Å². The molecule has 0 unspecified atom stereocenters. The maximum atomic E-state index is 13.2. The first-order chi connectivity index (χ1) is 16.7. The van der Waals surface area contributed by atoms with E-state index in [0.717, 1.165) is 4.47 Å². The van der Waals surface area contributed by atoms with Gasteiger partial charge >= 0.3 is 6.03 Å². The lowest BCUT2D eigenvalue weighted by Gasteiger charge is -2.12. The molecule has 0 aliphatic heterocycles. The van der Waals surface area contributed by atoms with Crippen LogP contribution >= 0.6 is 31.9 Å². The van der Waals surface area contributed by atoms with Gasteiger partial charge in [0.05, 0.1) is 27.7 Å². The summed E-state index contributed by atoms with van der Waals surface area (Å²) in [6.07, 6.45) is 1.30. The predicted molar refractivity (Wildman–Crippen MR) is 140 cm³/mol. The Labute approximate surface area is 215 Å². The summed E-state index contributed by atoms with van der Waals surface area (Å²) in [6.45, 7) is 1.74. The van der Waals surface area contributed by atoms with E-state index in [4.69, 9.17) is 0 Å². The van der Waals surface area contributed by atoms with Crippen molar-refractivity contribution in [3.8, 4) is 5.69 Å². The number of nitro benzene ring substituents is 1. The molecule has 2 N–H and O–H groups in total. The fourth-order valence-electron chi connectivity index (χ4n) is 3.36. The third-order valence-electron chi connectivity index (χ3n) is 4.90. The maximum Gasteiger partial charge on any atom is 0.339 e. The van der Waals surface area contributed by atoms with Crippen molar-refractivity contribution in [1.82, 2.24) is 15.0 Å². The molecule has 12 heteroatoms. The van der Waals surface area contributed by atoms with Crippen LogP contribution in [0.25, 0.3) is 16.6 Å². The lowest BCUT2D eigenvalue weighted by atomic mass is 10.2. The minimum Gasteiger partial charge on any atom is -0.307 e. The SMILES string of the molecule is Cc1nc2c(Br)cc(Br)cc2c(=O)n1-c1ccc(NC(=O)N/N=C/c2cccc([N+](=O)[O-])c2)cc1. The first-order valence-electron chi connectivity index (χ1n) is 10.1. The normalized spacial score (nSPS) is 11.1. The van der Waals surface area contributed by atoms with E-state index in [9.17, 15) is 19.7 Å². The molecule has 0 fully saturated rings. The van der Waals surface area contributed by atoms with Gasteiger partial charge in [-0.1, -0.05) is 28.1 Å². The molecular formula is C23H16Br2N6O4. The molecule has 4 aromatic rings. The number of nitrogens with zero attached hydrogens (tertiary/aromatic N) is 4. The Hall–Kier alpha value is -3.90. The van der Waals surface area contributed by atoms with Crippen molar-refractivity contribution in [2.75, 3.05) is 5.32 Å². The number of urea groups is 1. The van der Waals surface area contributed by atoms with E-state index in [1.54, 1.807) is 43.3 Å². The van der Waals surface area contributed by atoms with Gasteiger partial charge in [-0.15, -0.1) is 0 Å². The van der Waals surface area contributed by atoms with E-state index in [2.05, 4.69) is 52.7 Å². The number of nitro groups is 1. The molecule has 0 radical (unpaired) electrons. The van der Waals surface area contributed by atoms with Gasteiger partial charge in [0.25, 0.3) is 11.2 Å². The Bertz CT molecular complexity index is 1550. The van der Waals surface area contributed by atoms with Gasteiger partial charge in [0.1, 0.15) is 5.82 Å². The topological polar surface area (TPSA) is 132 Å². The van der Waals surface area contributed by atoms with Crippen LogP contribution in [0.15, 0.2) is 79.5 Å². The Morgan fingerprint density at radius 1 is 1.14 bits per heavy atom. The largest absolute Gasteiger partial charge is 0.339 e. The number of hydrogen-bond donors (Lipinski definition) is 2. The monoisotopic (exact) mass is 598 g/mol. The molecule has 35 heavy (non-hydrogen) atoms. The number of hydrazone groups is 1. The smallest absolute Gasteiger partial charge is 0.307 e. The van der Waals surface area contributed by atoms with E-state index in [1.807, 2.05) is 6.07 Å². The second-order valence-electron chi connectivity index (χ2n) is 7.31. The zero-order valence-corrected chi connectivity index (χ0v) is 21.2. The number of halogens is 2. The van der Waals surface area contributed by atoms with Crippen LogP contribution in [0.1, 0.15) is 11.4 Å². The highest BCUT2D eigenvalue weighted by Gasteiger charge is 2.13. The summed E-state index contributed by atoms with van der Waals surface area (Å²) in [5.74, 6) is 0.513. The Kier molecular flexibility index (Phi) is 7.03. The van der Waals surface area contributed by atoms with Gasteiger partial charge < -0.3 is 5.32 Å². The average Bonchev–Trinajstić information content (AvgIpc) is 2.81. The van der Waals surface area contributed by atoms with Crippen molar-refractivity contribution >= 4 is 66.4 Å². The molecule has 2 amide bonds. The zero-order valence-electron chi connectivity index (χ0n) is 18.0. The third kappa shape index (κ3) is 5.44. The van der Waals surface area contributed by atoms with Crippen LogP contribution in [0.2, 0.25) is 0 Å². The number of non-ortho nitro benzene ring substituents is 1. The van der Waals surface area contributed by atoms with Gasteiger partial charge in [-0.05, 0) is 59.3 Å². The molecule has 3 aromatic carbocycles. The number of rotatable bonds is 5. The number of carbonyl (C=O) groups excluding carboxylic acids is 1. The predicted octanol–water partition coefficient (Wildman–Crippen LogP) is 5.28. The molecule has 0 aliphatic carbocycles. The van der Waals surface area contributed by atoms with Crippen LogP contribution in [0.3, 0.4) is 0 Å². The number of carbonyl (C=O) groups is 1. The van der Waals surface area contributed by atoms with Crippen LogP contribution in [0, 0.1) is 17.0 Å². The van der Waals surface area contributed by atoms with Crippen LogP contribution in [0.4, 0.5) is 16.2 Å². The van der Waals surface area contributed by atoms with Crippen molar-refractivity contribution in [2.45, 2.75) is 6.92 Å². The number of hydrogen-bond acceptors (Lipinski definition) is 6. The molecule has 1 heterocycles. The summed E-state index contributed by atoms with van der Waals surface area (Å²) in [5, 5.41) is 17.7. The molecule has 4 rings (SSSR count). The van der Waals surface area contributed by atoms with Gasteiger partial charge in [-0.25, -0.2) is 15.2 Å². The van der Waals surface area contributed by atoms with Gasteiger partial charge in [0, 0.05) is 32.3 Å². The molecule has 0 spiro atoms. The summed E-state index contributed by atoms with van der Waals surface area (Å²) in [4.78, 5) is 40.2. The molecule has 10 nitrogen and oxygen atoms in total. The molecule has 0 bridgehead atoms. The van der Waals surface area contributed by atoms with Crippen molar-refractivity contribution in [1.29, 1.82) is 0 Å². The fourth-order valence-corrected chi connectivity index (χ4v) is 4.68. The Morgan fingerprint density at radius 2 is 1.89 bits per heavy atom. The molecule has 176 valence electrons. The molecule has 0 aliphatic rings. The quantitative estimate of drug-likeness (QED) is 0.183. The number of fused-ring (bicyclic) bond motifs is 1. The first kappa shape index (κ1) is 24.2. The highest BCUT2D eigenvalue weighted by atomic mass is 79.9. The first-order valence-corrected chi connectivity index (χ1v) is 11.6. The number of amides is 2. The molecular weight excluding hydrogens is 584 g/mol. The highest BCUT2D eigenvalue weighted by Crippen LogP contribution is 2.26. The van der Waals surface area contributed by atoms with Crippen LogP contribution in [-0.4, -0.2) is 26.7 Å².